The molecule has 2 N–H and O–H groups in total. The van der Waals surface area contributed by atoms with Crippen molar-refractivity contribution in [2.75, 3.05) is 25.5 Å². The Balaban J connectivity index is 1.98. The van der Waals surface area contributed by atoms with E-state index in [0.717, 1.165) is 24.9 Å². The second kappa shape index (κ2) is 6.72. The van der Waals surface area contributed by atoms with Gasteiger partial charge in [0.25, 0.3) is 0 Å². The number of likely N-dealkylation sites (tertiary alicyclic amines) is 1. The Morgan fingerprint density at radius 2 is 2.35 bits per heavy atom. The minimum absolute atomic E-state index is 0.116. The van der Waals surface area contributed by atoms with Crippen molar-refractivity contribution in [3.05, 3.63) is 29.8 Å². The van der Waals surface area contributed by atoms with Gasteiger partial charge in [0, 0.05) is 25.9 Å². The van der Waals surface area contributed by atoms with E-state index in [0.29, 0.717) is 12.2 Å². The van der Waals surface area contributed by atoms with Gasteiger partial charge in [0.2, 0.25) is 0 Å². The van der Waals surface area contributed by atoms with Crippen LogP contribution in [0.1, 0.15) is 31.4 Å². The van der Waals surface area contributed by atoms with Crippen molar-refractivity contribution in [3.63, 3.8) is 0 Å². The van der Waals surface area contributed by atoms with Crippen LogP contribution in [0.15, 0.2) is 24.3 Å². The van der Waals surface area contributed by atoms with Crippen LogP contribution in [0.5, 0.6) is 0 Å². The summed E-state index contributed by atoms with van der Waals surface area (Å²) < 4.78 is 5.32. The first-order valence-corrected chi connectivity index (χ1v) is 6.97. The molecule has 1 aliphatic heterocycles. The number of aliphatic hydroxyl groups excluding tert-OH is 1. The molecule has 5 nitrogen and oxygen atoms in total. The largest absolute Gasteiger partial charge is 0.389 e. The van der Waals surface area contributed by atoms with Gasteiger partial charge in [0.05, 0.1) is 12.2 Å². The molecule has 0 bridgehead atoms. The van der Waals surface area contributed by atoms with E-state index in [2.05, 4.69) is 5.32 Å². The molecule has 110 valence electrons. The van der Waals surface area contributed by atoms with Gasteiger partial charge in [-0.25, -0.2) is 4.79 Å². The maximum atomic E-state index is 12.2. The number of nitrogens with one attached hydrogen (secondary N) is 1. The molecule has 1 aliphatic rings. The van der Waals surface area contributed by atoms with Crippen LogP contribution in [0.3, 0.4) is 0 Å². The lowest BCUT2D eigenvalue weighted by Gasteiger charge is -2.31. The molecule has 0 radical (unpaired) electrons. The Hall–Kier alpha value is -1.59. The van der Waals surface area contributed by atoms with E-state index in [1.807, 2.05) is 18.2 Å². The standard InChI is InChI=1S/C15H22N2O3/c1-11(18)12-5-3-6-13(9-12)16-15(19)17-8-4-7-14(10-17)20-2/h3,5-6,9,11,14,18H,4,7-8,10H2,1-2H3,(H,16,19). The van der Waals surface area contributed by atoms with E-state index >= 15 is 0 Å². The van der Waals surface area contributed by atoms with Gasteiger partial charge in [-0.05, 0) is 37.5 Å². The maximum Gasteiger partial charge on any atom is 0.321 e. The lowest BCUT2D eigenvalue weighted by atomic mass is 10.1. The fraction of sp³-hybridized carbons (Fsp3) is 0.533. The van der Waals surface area contributed by atoms with Crippen molar-refractivity contribution in [3.8, 4) is 0 Å². The van der Waals surface area contributed by atoms with Gasteiger partial charge in [-0.2, -0.15) is 0 Å². The van der Waals surface area contributed by atoms with Crippen LogP contribution in [0, 0.1) is 0 Å². The fourth-order valence-corrected chi connectivity index (χ4v) is 2.39. The molecule has 1 saturated heterocycles. The third-order valence-corrected chi connectivity index (χ3v) is 3.62. The molecule has 1 aromatic rings. The monoisotopic (exact) mass is 278 g/mol. The van der Waals surface area contributed by atoms with Crippen LogP contribution >= 0.6 is 0 Å². The van der Waals surface area contributed by atoms with Gasteiger partial charge in [0.15, 0.2) is 0 Å². The zero-order chi connectivity index (χ0) is 14.5. The number of nitrogens with zero attached hydrogens (tertiary/aromatic N) is 1. The van der Waals surface area contributed by atoms with E-state index in [9.17, 15) is 9.90 Å². The number of urea groups is 1. The SMILES string of the molecule is COC1CCCN(C(=O)Nc2cccc(C(C)O)c2)C1. The Labute approximate surface area is 119 Å². The van der Waals surface area contributed by atoms with Crippen LogP contribution in [0.25, 0.3) is 0 Å². The average Bonchev–Trinajstić information content (AvgIpc) is 2.47. The van der Waals surface area contributed by atoms with E-state index in [4.69, 9.17) is 4.74 Å². The summed E-state index contributed by atoms with van der Waals surface area (Å²) >= 11 is 0. The number of methoxy groups -OCH3 is 1. The number of carbonyl (C=O) groups is 1. The summed E-state index contributed by atoms with van der Waals surface area (Å²) in [5.41, 5.74) is 1.49. The van der Waals surface area contributed by atoms with Crippen molar-refractivity contribution < 1.29 is 14.6 Å². The van der Waals surface area contributed by atoms with E-state index in [1.54, 1.807) is 25.0 Å². The predicted octanol–water partition coefficient (Wildman–Crippen LogP) is 2.38. The minimum atomic E-state index is -0.542. The molecule has 5 heteroatoms. The number of hydrogen-bond acceptors (Lipinski definition) is 3. The fourth-order valence-electron chi connectivity index (χ4n) is 2.39. The van der Waals surface area contributed by atoms with Crippen LogP contribution in [0.4, 0.5) is 10.5 Å². The van der Waals surface area contributed by atoms with Crippen LogP contribution in [-0.4, -0.2) is 42.3 Å². The number of amides is 2. The maximum absolute atomic E-state index is 12.2. The first kappa shape index (κ1) is 14.8. The zero-order valence-electron chi connectivity index (χ0n) is 12.0. The summed E-state index contributed by atoms with van der Waals surface area (Å²) in [7, 11) is 1.68. The third-order valence-electron chi connectivity index (χ3n) is 3.62. The van der Waals surface area contributed by atoms with E-state index in [1.165, 1.54) is 0 Å². The molecular formula is C15H22N2O3. The van der Waals surface area contributed by atoms with Crippen LogP contribution in [-0.2, 0) is 4.74 Å². The lowest BCUT2D eigenvalue weighted by molar-refractivity contribution is 0.0458. The number of hydrogen-bond donors (Lipinski definition) is 2. The van der Waals surface area contributed by atoms with Gasteiger partial charge in [-0.3, -0.25) is 0 Å². The van der Waals surface area contributed by atoms with Crippen LogP contribution < -0.4 is 5.32 Å². The predicted molar refractivity (Wildman–Crippen MR) is 77.7 cm³/mol. The molecule has 1 heterocycles. The second-order valence-electron chi connectivity index (χ2n) is 5.18. The third kappa shape index (κ3) is 3.71. The van der Waals surface area contributed by atoms with Gasteiger partial charge in [-0.15, -0.1) is 0 Å². The zero-order valence-corrected chi connectivity index (χ0v) is 12.0. The van der Waals surface area contributed by atoms with E-state index < -0.39 is 6.10 Å². The molecule has 0 aliphatic carbocycles. The van der Waals surface area contributed by atoms with E-state index in [-0.39, 0.29) is 12.1 Å². The quantitative estimate of drug-likeness (QED) is 0.892. The van der Waals surface area contributed by atoms with Gasteiger partial charge >= 0.3 is 6.03 Å². The lowest BCUT2D eigenvalue weighted by Crippen LogP contribution is -2.44. The Kier molecular flexibility index (Phi) is 4.98. The van der Waals surface area contributed by atoms with Crippen molar-refractivity contribution >= 4 is 11.7 Å². The summed E-state index contributed by atoms with van der Waals surface area (Å²) in [6, 6.07) is 7.16. The second-order valence-corrected chi connectivity index (χ2v) is 5.18. The summed E-state index contributed by atoms with van der Waals surface area (Å²) in [4.78, 5) is 14.0. The average molecular weight is 278 g/mol. The van der Waals surface area contributed by atoms with Crippen molar-refractivity contribution in [1.82, 2.24) is 4.90 Å². The highest BCUT2D eigenvalue weighted by atomic mass is 16.5. The Morgan fingerprint density at radius 3 is 3.05 bits per heavy atom. The van der Waals surface area contributed by atoms with Gasteiger partial charge in [0.1, 0.15) is 0 Å². The van der Waals surface area contributed by atoms with Gasteiger partial charge in [-0.1, -0.05) is 12.1 Å². The molecule has 2 atom stereocenters. The number of aliphatic hydroxyl groups is 1. The summed E-state index contributed by atoms with van der Waals surface area (Å²) in [6.07, 6.45) is 1.54. The van der Waals surface area contributed by atoms with Crippen molar-refractivity contribution in [2.24, 2.45) is 0 Å². The molecule has 2 unspecified atom stereocenters. The van der Waals surface area contributed by atoms with Crippen LogP contribution in [0.2, 0.25) is 0 Å². The number of rotatable bonds is 3. The number of anilines is 1. The molecule has 0 saturated carbocycles. The highest BCUT2D eigenvalue weighted by Gasteiger charge is 2.23. The molecule has 1 fully saturated rings. The molecular weight excluding hydrogens is 256 g/mol. The number of ether oxygens (including phenoxy) is 1. The summed E-state index contributed by atoms with van der Waals surface area (Å²) in [5, 5.41) is 12.4. The van der Waals surface area contributed by atoms with Crippen molar-refractivity contribution in [2.45, 2.75) is 32.0 Å². The minimum Gasteiger partial charge on any atom is -0.389 e. The first-order chi connectivity index (χ1) is 9.60. The Bertz CT molecular complexity index is 462. The smallest absolute Gasteiger partial charge is 0.321 e. The highest BCUT2D eigenvalue weighted by molar-refractivity contribution is 5.89. The highest BCUT2D eigenvalue weighted by Crippen LogP contribution is 2.18. The molecule has 1 aromatic carbocycles. The number of carbonyl (C=O) groups excluding carboxylic acids is 1. The summed E-state index contributed by atoms with van der Waals surface area (Å²) in [5.74, 6) is 0. The first-order valence-electron chi connectivity index (χ1n) is 6.97. The normalized spacial score (nSPS) is 20.6. The number of piperidine rings is 1. The molecule has 0 spiro atoms. The molecule has 2 rings (SSSR count). The molecule has 20 heavy (non-hydrogen) atoms. The van der Waals surface area contributed by atoms with Crippen molar-refractivity contribution in [1.29, 1.82) is 0 Å². The molecule has 0 aromatic heterocycles. The summed E-state index contributed by atoms with van der Waals surface area (Å²) in [6.45, 7) is 3.08. The molecule has 2 amide bonds. The number of benzene rings is 1. The van der Waals surface area contributed by atoms with Gasteiger partial charge < -0.3 is 20.1 Å². The Morgan fingerprint density at radius 1 is 1.55 bits per heavy atom. The topological polar surface area (TPSA) is 61.8 Å².